The molecule has 4 aliphatic rings. The predicted octanol–water partition coefficient (Wildman–Crippen LogP) is 7.87. The van der Waals surface area contributed by atoms with E-state index in [-0.39, 0.29) is 11.7 Å². The Morgan fingerprint density at radius 3 is 2.26 bits per heavy atom. The highest BCUT2D eigenvalue weighted by atomic mass is 35.5. The second-order valence-electron chi connectivity index (χ2n) is 13.3. The van der Waals surface area contributed by atoms with E-state index in [4.69, 9.17) is 16.3 Å². The number of hydrogen-bond donors (Lipinski definition) is 0. The van der Waals surface area contributed by atoms with Crippen molar-refractivity contribution in [3.63, 3.8) is 0 Å². The van der Waals surface area contributed by atoms with Crippen molar-refractivity contribution in [3.8, 4) is 17.9 Å². The number of rotatable bonds is 5. The van der Waals surface area contributed by atoms with E-state index in [2.05, 4.69) is 17.0 Å². The summed E-state index contributed by atoms with van der Waals surface area (Å²) in [5.41, 5.74) is -0.150. The van der Waals surface area contributed by atoms with Crippen LogP contribution in [0.2, 0.25) is 5.02 Å². The van der Waals surface area contributed by atoms with E-state index in [0.29, 0.717) is 33.3 Å². The molecule has 5 aromatic rings. The highest BCUT2D eigenvalue weighted by Gasteiger charge is 2.81. The summed E-state index contributed by atoms with van der Waals surface area (Å²) < 4.78 is 5.42. The fourth-order valence-corrected chi connectivity index (χ4v) is 11.3. The van der Waals surface area contributed by atoms with Crippen molar-refractivity contribution in [1.82, 2.24) is 4.90 Å². The molecule has 5 aromatic carbocycles. The first-order valence-corrected chi connectivity index (χ1v) is 17.9. The molecule has 3 aliphatic heterocycles. The van der Waals surface area contributed by atoms with E-state index in [9.17, 15) is 15.3 Å². The van der Waals surface area contributed by atoms with Crippen molar-refractivity contribution in [2.45, 2.75) is 28.9 Å². The van der Waals surface area contributed by atoms with Crippen LogP contribution in [0.25, 0.3) is 10.8 Å². The zero-order chi connectivity index (χ0) is 34.4. The Labute approximate surface area is 298 Å². The molecule has 7 nitrogen and oxygen atoms in total. The van der Waals surface area contributed by atoms with Gasteiger partial charge in [-0.05, 0) is 57.8 Å². The quantitative estimate of drug-likeness (QED) is 0.173. The Morgan fingerprint density at radius 1 is 0.860 bits per heavy atom. The van der Waals surface area contributed by atoms with E-state index in [1.165, 1.54) is 0 Å². The molecule has 9 rings (SSSR count). The number of nitrogens with zero attached hydrogens (tertiary/aromatic N) is 4. The van der Waals surface area contributed by atoms with Gasteiger partial charge in [-0.15, -0.1) is 11.8 Å². The van der Waals surface area contributed by atoms with Crippen LogP contribution >= 0.6 is 23.4 Å². The Bertz CT molecular complexity index is 2300. The lowest BCUT2D eigenvalue weighted by molar-refractivity contribution is -0.128. The third kappa shape index (κ3) is 3.74. The van der Waals surface area contributed by atoms with Crippen molar-refractivity contribution in [3.05, 3.63) is 143 Å². The van der Waals surface area contributed by atoms with Gasteiger partial charge in [-0.1, -0.05) is 96.5 Å². The molecule has 0 unspecified atom stereocenters. The standard InChI is InChI=1S/C41H29ClN4O3S/c1-49-27-19-17-26(18-20-27)45-36(34(38(45)48)25-9-3-2-4-10-25)35-32-21-50-39(28-13-5-6-16-31(28)42)46(32)41(40(35,22-43)23-44)30-15-8-12-24-11-7-14-29(33(24)30)37(41)47/h2-20,32,34-36,39H,21H2,1H3/t32-,34-,35+,36-,39-,41-/m1/s1. The van der Waals surface area contributed by atoms with Crippen LogP contribution in [0.15, 0.2) is 115 Å². The van der Waals surface area contributed by atoms with Crippen molar-refractivity contribution in [1.29, 1.82) is 10.5 Å². The SMILES string of the molecule is COc1ccc(N2C(=O)[C@H](c3ccccc3)[C@@H]2[C@@H]2[C@H]3CS[C@H](c4ccccc4Cl)N3[C@]3(C(=O)c4cccc5cccc3c45)C2(C#N)C#N)cc1. The number of carbonyl (C=O) groups is 2. The molecule has 0 radical (unpaired) electrons. The number of ketones is 1. The summed E-state index contributed by atoms with van der Waals surface area (Å²) in [6, 6.07) is 39.8. The Hall–Kier alpha value is -5.12. The van der Waals surface area contributed by atoms with Gasteiger partial charge in [-0.2, -0.15) is 10.5 Å². The number of amides is 1. The predicted molar refractivity (Wildman–Crippen MR) is 193 cm³/mol. The van der Waals surface area contributed by atoms with Crippen molar-refractivity contribution < 1.29 is 14.3 Å². The first kappa shape index (κ1) is 30.9. The maximum Gasteiger partial charge on any atom is 0.236 e. The van der Waals surface area contributed by atoms with E-state index in [1.54, 1.807) is 35.9 Å². The van der Waals surface area contributed by atoms with Gasteiger partial charge >= 0.3 is 0 Å². The molecule has 9 heteroatoms. The van der Waals surface area contributed by atoms with Crippen LogP contribution in [-0.4, -0.2) is 41.5 Å². The maximum absolute atomic E-state index is 15.5. The minimum Gasteiger partial charge on any atom is -0.497 e. The molecule has 3 heterocycles. The molecule has 0 bridgehead atoms. The number of nitriles is 2. The van der Waals surface area contributed by atoms with Crippen LogP contribution in [0.4, 0.5) is 5.69 Å². The lowest BCUT2D eigenvalue weighted by atomic mass is 9.57. The molecule has 0 aromatic heterocycles. The highest BCUT2D eigenvalue weighted by molar-refractivity contribution is 7.99. The third-order valence-electron chi connectivity index (χ3n) is 11.3. The molecular weight excluding hydrogens is 664 g/mol. The van der Waals surface area contributed by atoms with Crippen molar-refractivity contribution in [2.75, 3.05) is 17.8 Å². The van der Waals surface area contributed by atoms with Crippen molar-refractivity contribution in [2.24, 2.45) is 11.3 Å². The summed E-state index contributed by atoms with van der Waals surface area (Å²) in [5, 5.41) is 25.0. The zero-order valence-corrected chi connectivity index (χ0v) is 28.4. The normalized spacial score (nSPS) is 27.6. The Balaban J connectivity index is 1.34. The largest absolute Gasteiger partial charge is 0.497 e. The summed E-state index contributed by atoms with van der Waals surface area (Å²) in [5.74, 6) is -0.617. The molecule has 1 aliphatic carbocycles. The van der Waals surface area contributed by atoms with Gasteiger partial charge in [0.25, 0.3) is 0 Å². The first-order chi connectivity index (χ1) is 24.4. The number of hydrogen-bond acceptors (Lipinski definition) is 7. The number of benzene rings is 5. The summed E-state index contributed by atoms with van der Waals surface area (Å²) >= 11 is 8.57. The summed E-state index contributed by atoms with van der Waals surface area (Å²) in [6.45, 7) is 0. The van der Waals surface area contributed by atoms with Crippen LogP contribution in [0, 0.1) is 34.0 Å². The van der Waals surface area contributed by atoms with Gasteiger partial charge in [-0.3, -0.25) is 14.5 Å². The molecule has 3 fully saturated rings. The zero-order valence-electron chi connectivity index (χ0n) is 26.9. The molecule has 6 atom stereocenters. The minimum atomic E-state index is -1.90. The van der Waals surface area contributed by atoms with Crippen LogP contribution in [0.1, 0.15) is 38.3 Å². The molecule has 0 N–H and O–H groups in total. The lowest BCUT2D eigenvalue weighted by Crippen LogP contribution is -2.67. The van der Waals surface area contributed by atoms with E-state index < -0.39 is 40.2 Å². The molecule has 244 valence electrons. The highest BCUT2D eigenvalue weighted by Crippen LogP contribution is 2.71. The first-order valence-electron chi connectivity index (χ1n) is 16.5. The van der Waals surface area contributed by atoms with Crippen LogP contribution in [0.5, 0.6) is 5.75 Å². The molecule has 50 heavy (non-hydrogen) atoms. The van der Waals surface area contributed by atoms with Gasteiger partial charge in [0.1, 0.15) is 11.3 Å². The lowest BCUT2D eigenvalue weighted by Gasteiger charge is -2.53. The summed E-state index contributed by atoms with van der Waals surface area (Å²) in [7, 11) is 1.59. The fourth-order valence-electron chi connectivity index (χ4n) is 9.41. The van der Waals surface area contributed by atoms with E-state index in [0.717, 1.165) is 21.9 Å². The summed E-state index contributed by atoms with van der Waals surface area (Å²) in [6.07, 6.45) is 0. The van der Waals surface area contributed by atoms with Crippen LogP contribution in [0.3, 0.4) is 0 Å². The van der Waals surface area contributed by atoms with Crippen LogP contribution in [-0.2, 0) is 10.3 Å². The second kappa shape index (κ2) is 11.2. The van der Waals surface area contributed by atoms with E-state index >= 15 is 4.79 Å². The van der Waals surface area contributed by atoms with Gasteiger partial charge in [0, 0.05) is 34.0 Å². The number of methoxy groups -OCH3 is 1. The van der Waals surface area contributed by atoms with E-state index in [1.807, 2.05) is 103 Å². The number of Topliss-reactive ketones (excluding diaryl/α,β-unsaturated/α-hetero) is 1. The molecule has 3 saturated heterocycles. The van der Waals surface area contributed by atoms with Crippen molar-refractivity contribution >= 4 is 51.5 Å². The molecule has 0 saturated carbocycles. The Kier molecular flexibility index (Phi) is 6.92. The van der Waals surface area contributed by atoms with Gasteiger partial charge in [-0.25, -0.2) is 0 Å². The number of ether oxygens (including phenoxy) is 1. The number of anilines is 1. The topological polar surface area (TPSA) is 97.4 Å². The van der Waals surface area contributed by atoms with Gasteiger partial charge in [0.15, 0.2) is 11.2 Å². The number of halogens is 1. The van der Waals surface area contributed by atoms with Gasteiger partial charge in [0.05, 0.1) is 36.6 Å². The number of fused-ring (bicyclic) bond motifs is 3. The average molecular weight is 693 g/mol. The number of β-lactam (4-membered cyclic amide) rings is 1. The smallest absolute Gasteiger partial charge is 0.236 e. The molecule has 1 spiro atoms. The molecular formula is C41H29ClN4O3S. The second-order valence-corrected chi connectivity index (χ2v) is 14.8. The number of thioether (sulfide) groups is 1. The molecule has 1 amide bonds. The maximum atomic E-state index is 15.5. The van der Waals surface area contributed by atoms with Crippen LogP contribution < -0.4 is 9.64 Å². The summed E-state index contributed by atoms with van der Waals surface area (Å²) in [4.78, 5) is 33.8. The van der Waals surface area contributed by atoms with Gasteiger partial charge < -0.3 is 9.64 Å². The fraction of sp³-hybridized carbons (Fsp3) is 0.220. The average Bonchev–Trinajstić information content (AvgIpc) is 3.77. The monoisotopic (exact) mass is 692 g/mol. The van der Waals surface area contributed by atoms with Gasteiger partial charge in [0.2, 0.25) is 5.91 Å². The Morgan fingerprint density at radius 2 is 1.56 bits per heavy atom. The third-order valence-corrected chi connectivity index (χ3v) is 13.0. The number of carbonyl (C=O) groups excluding carboxylic acids is 2. The minimum absolute atomic E-state index is 0.125.